The van der Waals surface area contributed by atoms with E-state index in [9.17, 15) is 0 Å². The molecule has 0 atom stereocenters. The van der Waals surface area contributed by atoms with Gasteiger partial charge in [0.15, 0.2) is 0 Å². The molecule has 0 spiro atoms. The average molecular weight is 312 g/mol. The standard InChI is InChI=1S/C13H13IO/c1-2-9-15-12-8-4-6-10-5-3-7-11(14)13(10)12/h3-8H,2,9H2,1H3. The average Bonchev–Trinajstić information content (AvgIpc) is 2.26. The van der Waals surface area contributed by atoms with Gasteiger partial charge < -0.3 is 4.74 Å². The summed E-state index contributed by atoms with van der Waals surface area (Å²) in [6.07, 6.45) is 1.04. The molecule has 0 aliphatic heterocycles. The molecule has 0 heterocycles. The molecule has 0 unspecified atom stereocenters. The van der Waals surface area contributed by atoms with Gasteiger partial charge in [-0.3, -0.25) is 0 Å². The van der Waals surface area contributed by atoms with Crippen molar-refractivity contribution in [3.63, 3.8) is 0 Å². The fourth-order valence-electron chi connectivity index (χ4n) is 1.59. The van der Waals surface area contributed by atoms with E-state index in [0.717, 1.165) is 18.8 Å². The lowest BCUT2D eigenvalue weighted by Gasteiger charge is -2.09. The largest absolute Gasteiger partial charge is 0.493 e. The summed E-state index contributed by atoms with van der Waals surface area (Å²) in [4.78, 5) is 0. The minimum atomic E-state index is 0.782. The van der Waals surface area contributed by atoms with E-state index in [-0.39, 0.29) is 0 Å². The van der Waals surface area contributed by atoms with Crippen LogP contribution >= 0.6 is 22.6 Å². The van der Waals surface area contributed by atoms with E-state index in [0.29, 0.717) is 0 Å². The first-order valence-electron chi connectivity index (χ1n) is 5.13. The Balaban J connectivity index is 2.53. The first-order chi connectivity index (χ1) is 7.33. The summed E-state index contributed by atoms with van der Waals surface area (Å²) in [5.41, 5.74) is 0. The summed E-state index contributed by atoms with van der Waals surface area (Å²) in [5.74, 6) is 0.999. The molecule has 0 N–H and O–H groups in total. The fraction of sp³-hybridized carbons (Fsp3) is 0.231. The lowest BCUT2D eigenvalue weighted by atomic mass is 10.1. The minimum absolute atomic E-state index is 0.782. The van der Waals surface area contributed by atoms with Crippen LogP contribution in [0.1, 0.15) is 13.3 Å². The minimum Gasteiger partial charge on any atom is -0.493 e. The van der Waals surface area contributed by atoms with E-state index in [1.807, 2.05) is 12.1 Å². The second kappa shape index (κ2) is 4.84. The van der Waals surface area contributed by atoms with Crippen LogP contribution in [0, 0.1) is 3.57 Å². The lowest BCUT2D eigenvalue weighted by Crippen LogP contribution is -1.96. The zero-order chi connectivity index (χ0) is 10.7. The van der Waals surface area contributed by atoms with Crippen LogP contribution in [0.4, 0.5) is 0 Å². The van der Waals surface area contributed by atoms with Crippen LogP contribution in [-0.2, 0) is 0 Å². The highest BCUT2D eigenvalue weighted by atomic mass is 127. The predicted octanol–water partition coefficient (Wildman–Crippen LogP) is 4.23. The molecule has 0 bridgehead atoms. The van der Waals surface area contributed by atoms with Crippen molar-refractivity contribution in [2.24, 2.45) is 0 Å². The molecule has 1 nitrogen and oxygen atoms in total. The van der Waals surface area contributed by atoms with E-state index in [1.165, 1.54) is 14.3 Å². The third-order valence-electron chi connectivity index (χ3n) is 2.28. The summed E-state index contributed by atoms with van der Waals surface area (Å²) in [6, 6.07) is 12.5. The van der Waals surface area contributed by atoms with Crippen LogP contribution in [-0.4, -0.2) is 6.61 Å². The van der Waals surface area contributed by atoms with Gasteiger partial charge in [0.25, 0.3) is 0 Å². The second-order valence-electron chi connectivity index (χ2n) is 3.44. The summed E-state index contributed by atoms with van der Waals surface area (Å²) >= 11 is 2.36. The summed E-state index contributed by atoms with van der Waals surface area (Å²) in [7, 11) is 0. The molecule has 0 amide bonds. The van der Waals surface area contributed by atoms with Crippen LogP contribution in [0.5, 0.6) is 5.75 Å². The molecule has 0 aliphatic carbocycles. The van der Waals surface area contributed by atoms with Crippen LogP contribution in [0.3, 0.4) is 0 Å². The van der Waals surface area contributed by atoms with Crippen molar-refractivity contribution in [3.8, 4) is 5.75 Å². The molecule has 0 saturated carbocycles. The fourth-order valence-corrected chi connectivity index (χ4v) is 2.38. The molecule has 2 heteroatoms. The van der Waals surface area contributed by atoms with Crippen molar-refractivity contribution in [3.05, 3.63) is 40.0 Å². The Kier molecular flexibility index (Phi) is 3.46. The SMILES string of the molecule is CCCOc1cccc2cccc(I)c12. The third-order valence-corrected chi connectivity index (χ3v) is 3.18. The number of ether oxygens (including phenoxy) is 1. The van der Waals surface area contributed by atoms with Crippen molar-refractivity contribution in [1.29, 1.82) is 0 Å². The number of rotatable bonds is 3. The van der Waals surface area contributed by atoms with E-state index in [4.69, 9.17) is 4.74 Å². The van der Waals surface area contributed by atoms with Gasteiger partial charge in [-0.2, -0.15) is 0 Å². The van der Waals surface area contributed by atoms with Crippen molar-refractivity contribution >= 4 is 33.4 Å². The molecular formula is C13H13IO. The van der Waals surface area contributed by atoms with Gasteiger partial charge in [0.2, 0.25) is 0 Å². The Hall–Kier alpha value is -0.770. The van der Waals surface area contributed by atoms with Crippen molar-refractivity contribution in [2.45, 2.75) is 13.3 Å². The van der Waals surface area contributed by atoms with Gasteiger partial charge in [0.05, 0.1) is 6.61 Å². The third kappa shape index (κ3) is 2.25. The number of hydrogen-bond donors (Lipinski definition) is 0. The smallest absolute Gasteiger partial charge is 0.128 e. The van der Waals surface area contributed by atoms with E-state index < -0.39 is 0 Å². The molecule has 0 radical (unpaired) electrons. The first kappa shape index (κ1) is 10.7. The number of halogens is 1. The molecule has 0 aromatic heterocycles. The highest BCUT2D eigenvalue weighted by Gasteiger charge is 2.04. The van der Waals surface area contributed by atoms with Gasteiger partial charge >= 0.3 is 0 Å². The van der Waals surface area contributed by atoms with Crippen LogP contribution in [0.15, 0.2) is 36.4 Å². The maximum atomic E-state index is 5.74. The van der Waals surface area contributed by atoms with Gasteiger partial charge in [0.1, 0.15) is 5.75 Å². The number of benzene rings is 2. The van der Waals surface area contributed by atoms with Crippen molar-refractivity contribution in [1.82, 2.24) is 0 Å². The molecule has 2 aromatic rings. The summed E-state index contributed by atoms with van der Waals surface area (Å²) < 4.78 is 6.99. The van der Waals surface area contributed by atoms with E-state index >= 15 is 0 Å². The highest BCUT2D eigenvalue weighted by molar-refractivity contribution is 14.1. The van der Waals surface area contributed by atoms with Gasteiger partial charge in [-0.25, -0.2) is 0 Å². The lowest BCUT2D eigenvalue weighted by molar-refractivity contribution is 0.321. The van der Waals surface area contributed by atoms with E-state index in [1.54, 1.807) is 0 Å². The monoisotopic (exact) mass is 312 g/mol. The van der Waals surface area contributed by atoms with Gasteiger partial charge in [-0.15, -0.1) is 0 Å². The molecular weight excluding hydrogens is 299 g/mol. The molecule has 0 saturated heterocycles. The Morgan fingerprint density at radius 3 is 2.60 bits per heavy atom. The topological polar surface area (TPSA) is 9.23 Å². The first-order valence-corrected chi connectivity index (χ1v) is 6.21. The molecule has 0 fully saturated rings. The molecule has 15 heavy (non-hydrogen) atoms. The van der Waals surface area contributed by atoms with E-state index in [2.05, 4.69) is 53.8 Å². The normalized spacial score (nSPS) is 10.5. The van der Waals surface area contributed by atoms with Crippen molar-refractivity contribution in [2.75, 3.05) is 6.61 Å². The Labute approximate surface area is 104 Å². The predicted molar refractivity (Wildman–Crippen MR) is 72.5 cm³/mol. The Morgan fingerprint density at radius 1 is 1.13 bits per heavy atom. The zero-order valence-electron chi connectivity index (χ0n) is 8.66. The molecule has 0 aliphatic rings. The number of fused-ring (bicyclic) bond motifs is 1. The summed E-state index contributed by atoms with van der Waals surface area (Å²) in [5, 5.41) is 2.48. The maximum absolute atomic E-state index is 5.74. The Morgan fingerprint density at radius 2 is 1.87 bits per heavy atom. The van der Waals surface area contributed by atoms with Crippen molar-refractivity contribution < 1.29 is 4.74 Å². The second-order valence-corrected chi connectivity index (χ2v) is 4.60. The molecule has 2 aromatic carbocycles. The zero-order valence-corrected chi connectivity index (χ0v) is 10.8. The quantitative estimate of drug-likeness (QED) is 0.771. The highest BCUT2D eigenvalue weighted by Crippen LogP contribution is 2.29. The van der Waals surface area contributed by atoms with Crippen LogP contribution in [0.25, 0.3) is 10.8 Å². The van der Waals surface area contributed by atoms with Crippen LogP contribution in [0.2, 0.25) is 0 Å². The van der Waals surface area contributed by atoms with Gasteiger partial charge in [0, 0.05) is 8.96 Å². The van der Waals surface area contributed by atoms with Gasteiger partial charge in [-0.1, -0.05) is 31.2 Å². The molecule has 2 rings (SSSR count). The van der Waals surface area contributed by atoms with Crippen LogP contribution < -0.4 is 4.74 Å². The molecule has 78 valence electrons. The number of hydrogen-bond acceptors (Lipinski definition) is 1. The van der Waals surface area contributed by atoms with Gasteiger partial charge in [-0.05, 0) is 46.5 Å². The Bertz CT molecular complexity index is 460. The summed E-state index contributed by atoms with van der Waals surface area (Å²) in [6.45, 7) is 2.90. The maximum Gasteiger partial charge on any atom is 0.128 e.